The second kappa shape index (κ2) is 13.8. The second-order valence-corrected chi connectivity index (χ2v) is 18.7. The molecule has 0 aromatic heterocycles. The first-order valence-corrected chi connectivity index (χ1v) is 22.4. The van der Waals surface area contributed by atoms with Gasteiger partial charge in [-0.15, -0.1) is 0 Å². The average Bonchev–Trinajstić information content (AvgIpc) is 3.85. The molecule has 5 aliphatic rings. The summed E-state index contributed by atoms with van der Waals surface area (Å²) in [6, 6.07) is 63.6. The Morgan fingerprint density at radius 3 is 1.85 bits per heavy atom. The Morgan fingerprint density at radius 1 is 0.508 bits per heavy atom. The SMILES string of the molecule is CC1(C)c2ccccc2-c2ccc(N(C3=CC(N(c4ccccc4)c4ccc5c(c4)C4(c6ccccc6-5)c5ccccc5C5C=CC=CC54)CC(Br)=C3)c3ccccc3)cc21. The van der Waals surface area contributed by atoms with E-state index >= 15 is 0 Å². The Morgan fingerprint density at radius 2 is 1.08 bits per heavy atom. The number of rotatable bonds is 6. The minimum atomic E-state index is -0.300. The van der Waals surface area contributed by atoms with E-state index in [1.807, 2.05) is 0 Å². The van der Waals surface area contributed by atoms with Crippen LogP contribution in [0.1, 0.15) is 59.6 Å². The van der Waals surface area contributed by atoms with Gasteiger partial charge in [-0.1, -0.05) is 175 Å². The lowest BCUT2D eigenvalue weighted by molar-refractivity contribution is 0.465. The van der Waals surface area contributed by atoms with Crippen LogP contribution in [0.2, 0.25) is 0 Å². The van der Waals surface area contributed by atoms with Crippen molar-refractivity contribution in [1.82, 2.24) is 0 Å². The van der Waals surface area contributed by atoms with Crippen molar-refractivity contribution in [1.29, 1.82) is 0 Å². The molecule has 0 saturated carbocycles. The number of nitrogens with zero attached hydrogens (tertiary/aromatic N) is 2. The maximum atomic E-state index is 4.11. The molecule has 4 unspecified atom stereocenters. The molecule has 0 amide bonds. The fraction of sp³-hybridized carbons (Fsp3) is 0.138. The molecule has 7 aromatic carbocycles. The molecule has 1 spiro atoms. The summed E-state index contributed by atoms with van der Waals surface area (Å²) in [5.41, 5.74) is 19.2. The lowest BCUT2D eigenvalue weighted by Crippen LogP contribution is -2.35. The van der Waals surface area contributed by atoms with E-state index in [4.69, 9.17) is 0 Å². The summed E-state index contributed by atoms with van der Waals surface area (Å²) in [6.45, 7) is 4.73. The van der Waals surface area contributed by atoms with Crippen molar-refractivity contribution in [2.45, 2.75) is 43.1 Å². The maximum Gasteiger partial charge on any atom is 0.0590 e. The molecule has 5 aliphatic carbocycles. The summed E-state index contributed by atoms with van der Waals surface area (Å²) in [5.74, 6) is 0.599. The van der Waals surface area contributed by atoms with Gasteiger partial charge in [0.1, 0.15) is 0 Å². The third-order valence-corrected chi connectivity index (χ3v) is 14.8. The van der Waals surface area contributed by atoms with Crippen LogP contribution in [0.5, 0.6) is 0 Å². The van der Waals surface area contributed by atoms with Crippen LogP contribution in [-0.2, 0) is 10.8 Å². The number of hydrogen-bond acceptors (Lipinski definition) is 2. The van der Waals surface area contributed by atoms with Crippen molar-refractivity contribution in [2.24, 2.45) is 5.92 Å². The molecule has 0 aliphatic heterocycles. The summed E-state index contributed by atoms with van der Waals surface area (Å²) >= 11 is 4.11. The highest BCUT2D eigenvalue weighted by atomic mass is 79.9. The van der Waals surface area contributed by atoms with Gasteiger partial charge in [0.25, 0.3) is 0 Å². The molecule has 0 bridgehead atoms. The first-order valence-electron chi connectivity index (χ1n) is 21.6. The van der Waals surface area contributed by atoms with Crippen molar-refractivity contribution in [3.63, 3.8) is 0 Å². The van der Waals surface area contributed by atoms with Crippen LogP contribution in [0.4, 0.5) is 22.7 Å². The number of para-hydroxylation sites is 2. The van der Waals surface area contributed by atoms with E-state index in [0.717, 1.165) is 23.5 Å². The van der Waals surface area contributed by atoms with E-state index in [9.17, 15) is 0 Å². The standard InChI is InChI=1S/C58H45BrN2/c1-57(2)51-25-13-9-21-45(51)49-31-29-41(36-55(49)57)60(39-17-5-3-6-18-39)43-33-38(59)34-44(35-43)61(40-19-7-4-8-20-40)42-30-32-50-48-24-12-16-28-54(48)58(56(50)37-42)52-26-14-10-22-46(52)47-23-11-15-27-53(47)58/h3-33,35-37,44,46,52H,34H2,1-2H3. The molecule has 0 heterocycles. The number of anilines is 4. The number of allylic oxidation sites excluding steroid dienone is 5. The van der Waals surface area contributed by atoms with Crippen molar-refractivity contribution in [3.05, 3.63) is 250 Å². The first-order chi connectivity index (χ1) is 29.9. The third kappa shape index (κ3) is 5.33. The Hall–Kier alpha value is -6.42. The lowest BCUT2D eigenvalue weighted by Gasteiger charge is -2.39. The number of hydrogen-bond donors (Lipinski definition) is 0. The minimum Gasteiger partial charge on any atom is -0.334 e. The fourth-order valence-corrected chi connectivity index (χ4v) is 12.3. The predicted molar refractivity (Wildman–Crippen MR) is 257 cm³/mol. The second-order valence-electron chi connectivity index (χ2n) is 17.7. The molecule has 61 heavy (non-hydrogen) atoms. The van der Waals surface area contributed by atoms with Crippen LogP contribution in [0.15, 0.2) is 216 Å². The topological polar surface area (TPSA) is 6.48 Å². The molecule has 7 aromatic rings. The predicted octanol–water partition coefficient (Wildman–Crippen LogP) is 15.1. The Bertz CT molecular complexity index is 3030. The number of halogens is 1. The van der Waals surface area contributed by atoms with Crippen LogP contribution in [0.3, 0.4) is 0 Å². The van der Waals surface area contributed by atoms with E-state index in [1.54, 1.807) is 0 Å². The van der Waals surface area contributed by atoms with E-state index in [0.29, 0.717) is 5.92 Å². The zero-order valence-electron chi connectivity index (χ0n) is 34.3. The quantitative estimate of drug-likeness (QED) is 0.164. The van der Waals surface area contributed by atoms with Gasteiger partial charge < -0.3 is 9.80 Å². The molecular weight excluding hydrogens is 805 g/mol. The monoisotopic (exact) mass is 848 g/mol. The lowest BCUT2D eigenvalue weighted by atomic mass is 9.65. The van der Waals surface area contributed by atoms with Gasteiger partial charge in [0, 0.05) is 52.1 Å². The Kier molecular flexibility index (Phi) is 8.25. The Labute approximate surface area is 367 Å². The largest absolute Gasteiger partial charge is 0.334 e. The van der Waals surface area contributed by atoms with Crippen molar-refractivity contribution >= 4 is 38.7 Å². The van der Waals surface area contributed by atoms with E-state index in [1.165, 1.54) is 71.5 Å². The van der Waals surface area contributed by atoms with Crippen molar-refractivity contribution in [2.75, 3.05) is 9.80 Å². The van der Waals surface area contributed by atoms with Gasteiger partial charge >= 0.3 is 0 Å². The summed E-state index contributed by atoms with van der Waals surface area (Å²) in [5, 5.41) is 0. The van der Waals surface area contributed by atoms with E-state index in [-0.39, 0.29) is 22.8 Å². The van der Waals surface area contributed by atoms with Crippen LogP contribution < -0.4 is 9.80 Å². The van der Waals surface area contributed by atoms with Gasteiger partial charge in [0.15, 0.2) is 0 Å². The normalized spacial score (nSPS) is 21.7. The van der Waals surface area contributed by atoms with E-state index < -0.39 is 0 Å². The highest BCUT2D eigenvalue weighted by Gasteiger charge is 2.57. The minimum absolute atomic E-state index is 0.0111. The molecule has 0 N–H and O–H groups in total. The summed E-state index contributed by atoms with van der Waals surface area (Å²) < 4.78 is 1.17. The molecule has 0 radical (unpaired) electrons. The van der Waals surface area contributed by atoms with Gasteiger partial charge in [0.2, 0.25) is 0 Å². The zero-order valence-corrected chi connectivity index (χ0v) is 35.9. The number of benzene rings is 7. The summed E-state index contributed by atoms with van der Waals surface area (Å²) in [4.78, 5) is 5.02. The van der Waals surface area contributed by atoms with E-state index in [2.05, 4.69) is 246 Å². The average molecular weight is 850 g/mol. The van der Waals surface area contributed by atoms with Gasteiger partial charge in [-0.05, 0) is 121 Å². The molecule has 2 nitrogen and oxygen atoms in total. The molecule has 4 atom stereocenters. The van der Waals surface area contributed by atoms with Crippen molar-refractivity contribution < 1.29 is 0 Å². The van der Waals surface area contributed by atoms with Gasteiger partial charge in [-0.2, -0.15) is 0 Å². The van der Waals surface area contributed by atoms with Crippen LogP contribution in [0.25, 0.3) is 22.3 Å². The van der Waals surface area contributed by atoms with Crippen LogP contribution in [0, 0.1) is 5.92 Å². The fourth-order valence-electron chi connectivity index (χ4n) is 11.7. The van der Waals surface area contributed by atoms with Crippen LogP contribution >= 0.6 is 15.9 Å². The molecular formula is C58H45BrN2. The molecule has 294 valence electrons. The highest BCUT2D eigenvalue weighted by molar-refractivity contribution is 9.11. The molecule has 0 fully saturated rings. The third-order valence-electron chi connectivity index (χ3n) is 14.3. The summed E-state index contributed by atoms with van der Waals surface area (Å²) in [6.07, 6.45) is 15.1. The smallest absolute Gasteiger partial charge is 0.0590 e. The van der Waals surface area contributed by atoms with Gasteiger partial charge in [-0.25, -0.2) is 0 Å². The Balaban J connectivity index is 1.03. The zero-order chi connectivity index (χ0) is 40.9. The van der Waals surface area contributed by atoms with Crippen molar-refractivity contribution in [3.8, 4) is 22.3 Å². The molecule has 3 heteroatoms. The molecule has 12 rings (SSSR count). The van der Waals surface area contributed by atoms with Gasteiger partial charge in [0.05, 0.1) is 11.5 Å². The number of fused-ring (bicyclic) bond motifs is 13. The maximum absolute atomic E-state index is 4.11. The highest BCUT2D eigenvalue weighted by Crippen LogP contribution is 2.65. The molecule has 0 saturated heterocycles. The summed E-state index contributed by atoms with van der Waals surface area (Å²) in [7, 11) is 0. The first kappa shape index (κ1) is 36.4. The van der Waals surface area contributed by atoms with Gasteiger partial charge in [-0.3, -0.25) is 0 Å². The van der Waals surface area contributed by atoms with Crippen LogP contribution in [-0.4, -0.2) is 6.04 Å².